The molecule has 2 saturated heterocycles. The van der Waals surface area contributed by atoms with Crippen LogP contribution in [-0.4, -0.2) is 42.9 Å². The molecule has 3 fully saturated rings. The summed E-state index contributed by atoms with van der Waals surface area (Å²) in [4.78, 5) is 42.8. The van der Waals surface area contributed by atoms with Crippen LogP contribution in [0.3, 0.4) is 0 Å². The number of piperazine rings is 1. The van der Waals surface area contributed by atoms with Gasteiger partial charge < -0.3 is 9.80 Å². The van der Waals surface area contributed by atoms with Crippen molar-refractivity contribution in [3.63, 3.8) is 0 Å². The number of carbonyl (C=O) groups is 2. The number of hydrogen-bond donors (Lipinski definition) is 0. The van der Waals surface area contributed by atoms with Crippen molar-refractivity contribution >= 4 is 34.6 Å². The monoisotopic (exact) mass is 434 g/mol. The van der Waals surface area contributed by atoms with E-state index in [1.165, 1.54) is 11.0 Å². The molecule has 0 aromatic heterocycles. The first kappa shape index (κ1) is 20.5. The topological polar surface area (TPSA) is 87.0 Å². The first-order valence-electron chi connectivity index (χ1n) is 11.3. The second kappa shape index (κ2) is 8.26. The van der Waals surface area contributed by atoms with E-state index in [0.717, 1.165) is 44.5 Å². The van der Waals surface area contributed by atoms with Gasteiger partial charge in [0.25, 0.3) is 5.69 Å². The van der Waals surface area contributed by atoms with Crippen LogP contribution in [0.5, 0.6) is 0 Å². The minimum atomic E-state index is -0.416. The van der Waals surface area contributed by atoms with Gasteiger partial charge in [-0.25, -0.2) is 4.90 Å². The molecule has 8 nitrogen and oxygen atoms in total. The number of rotatable bonds is 4. The number of nitro groups is 1. The Balaban J connectivity index is 1.38. The van der Waals surface area contributed by atoms with Crippen molar-refractivity contribution < 1.29 is 14.5 Å². The van der Waals surface area contributed by atoms with Gasteiger partial charge in [0.15, 0.2) is 0 Å². The average molecular weight is 434 g/mol. The summed E-state index contributed by atoms with van der Waals surface area (Å²) >= 11 is 0. The summed E-state index contributed by atoms with van der Waals surface area (Å²) in [6.07, 6.45) is 3.33. The number of imide groups is 1. The zero-order valence-electron chi connectivity index (χ0n) is 17.9. The van der Waals surface area contributed by atoms with E-state index < -0.39 is 4.92 Å². The van der Waals surface area contributed by atoms with E-state index in [4.69, 9.17) is 0 Å². The maximum absolute atomic E-state index is 12.9. The molecule has 5 rings (SSSR count). The third-order valence-electron chi connectivity index (χ3n) is 7.00. The van der Waals surface area contributed by atoms with Gasteiger partial charge >= 0.3 is 0 Å². The van der Waals surface area contributed by atoms with E-state index in [0.29, 0.717) is 24.5 Å². The van der Waals surface area contributed by atoms with Crippen molar-refractivity contribution in [2.45, 2.75) is 25.7 Å². The van der Waals surface area contributed by atoms with Crippen LogP contribution in [-0.2, 0) is 9.59 Å². The number of nitrogens with zero attached hydrogens (tertiary/aromatic N) is 4. The highest BCUT2D eigenvalue weighted by Crippen LogP contribution is 2.42. The van der Waals surface area contributed by atoms with E-state index in [-0.39, 0.29) is 29.3 Å². The number of amides is 2. The molecule has 0 radical (unpaired) electrons. The maximum Gasteiger partial charge on any atom is 0.294 e. The molecule has 0 bridgehead atoms. The molecule has 166 valence electrons. The predicted molar refractivity (Wildman–Crippen MR) is 122 cm³/mol. The van der Waals surface area contributed by atoms with Gasteiger partial charge in [0.1, 0.15) is 5.69 Å². The van der Waals surface area contributed by atoms with Crippen LogP contribution in [0.4, 0.5) is 22.7 Å². The second-order valence-electron chi connectivity index (χ2n) is 8.75. The molecular formula is C24H26N4O4. The van der Waals surface area contributed by atoms with Crippen LogP contribution < -0.4 is 14.7 Å². The molecule has 2 aromatic rings. The molecule has 8 heteroatoms. The molecule has 1 saturated carbocycles. The third kappa shape index (κ3) is 3.49. The lowest BCUT2D eigenvalue weighted by Gasteiger charge is -2.37. The fraction of sp³-hybridized carbons (Fsp3) is 0.417. The SMILES string of the molecule is O=C1[C@@H]2CCCC[C@H]2C(=O)N1c1ccc(N2CCN(c3ccccc3)CC2)c([N+](=O)[O-])c1. The molecule has 1 aliphatic carbocycles. The Hall–Kier alpha value is -3.42. The molecule has 3 aliphatic rings. The molecule has 0 unspecified atom stereocenters. The molecule has 2 atom stereocenters. The smallest absolute Gasteiger partial charge is 0.294 e. The van der Waals surface area contributed by atoms with E-state index in [1.807, 2.05) is 23.1 Å². The van der Waals surface area contributed by atoms with Gasteiger partial charge in [0.2, 0.25) is 11.8 Å². The van der Waals surface area contributed by atoms with Crippen molar-refractivity contribution in [2.24, 2.45) is 11.8 Å². The summed E-state index contributed by atoms with van der Waals surface area (Å²) in [6.45, 7) is 2.83. The Morgan fingerprint density at radius 3 is 1.97 bits per heavy atom. The van der Waals surface area contributed by atoms with E-state index in [9.17, 15) is 19.7 Å². The Morgan fingerprint density at radius 1 is 0.781 bits per heavy atom. The average Bonchev–Trinajstić information content (AvgIpc) is 3.09. The number of carbonyl (C=O) groups excluding carboxylic acids is 2. The molecule has 2 aliphatic heterocycles. The Kier molecular flexibility index (Phi) is 5.28. The molecule has 2 heterocycles. The molecular weight excluding hydrogens is 408 g/mol. The first-order chi connectivity index (χ1) is 15.5. The number of hydrogen-bond acceptors (Lipinski definition) is 6. The maximum atomic E-state index is 12.9. The van der Waals surface area contributed by atoms with Gasteiger partial charge in [-0.2, -0.15) is 0 Å². The number of fused-ring (bicyclic) bond motifs is 1. The summed E-state index contributed by atoms with van der Waals surface area (Å²) in [5.41, 5.74) is 1.92. The van der Waals surface area contributed by atoms with Gasteiger partial charge in [0, 0.05) is 37.9 Å². The van der Waals surface area contributed by atoms with Gasteiger partial charge in [0.05, 0.1) is 22.4 Å². The van der Waals surface area contributed by atoms with E-state index in [1.54, 1.807) is 12.1 Å². The largest absolute Gasteiger partial charge is 0.368 e. The van der Waals surface area contributed by atoms with Gasteiger partial charge in [-0.15, -0.1) is 0 Å². The van der Waals surface area contributed by atoms with Crippen molar-refractivity contribution in [2.75, 3.05) is 40.9 Å². The molecule has 32 heavy (non-hydrogen) atoms. The predicted octanol–water partition coefficient (Wildman–Crippen LogP) is 3.60. The van der Waals surface area contributed by atoms with Gasteiger partial charge in [-0.3, -0.25) is 19.7 Å². The fourth-order valence-corrected chi connectivity index (χ4v) is 5.33. The second-order valence-corrected chi connectivity index (χ2v) is 8.75. The van der Waals surface area contributed by atoms with E-state index >= 15 is 0 Å². The van der Waals surface area contributed by atoms with Crippen molar-refractivity contribution in [1.82, 2.24) is 0 Å². The van der Waals surface area contributed by atoms with Crippen LogP contribution in [0.25, 0.3) is 0 Å². The number of nitro benzene ring substituents is 1. The first-order valence-corrected chi connectivity index (χ1v) is 11.3. The third-order valence-corrected chi connectivity index (χ3v) is 7.00. The van der Waals surface area contributed by atoms with Crippen LogP contribution in [0, 0.1) is 22.0 Å². The molecule has 2 aromatic carbocycles. The highest BCUT2D eigenvalue weighted by Gasteiger charge is 2.49. The summed E-state index contributed by atoms with van der Waals surface area (Å²) in [7, 11) is 0. The quantitative estimate of drug-likeness (QED) is 0.415. The van der Waals surface area contributed by atoms with Crippen LogP contribution >= 0.6 is 0 Å². The van der Waals surface area contributed by atoms with Crippen LogP contribution in [0.15, 0.2) is 48.5 Å². The highest BCUT2D eigenvalue weighted by atomic mass is 16.6. The zero-order valence-corrected chi connectivity index (χ0v) is 17.9. The standard InChI is InChI=1S/C24H26N4O4/c29-23-19-8-4-5-9-20(19)24(30)27(23)18-10-11-21(22(16-18)28(31)32)26-14-12-25(13-15-26)17-6-2-1-3-7-17/h1-3,6-7,10-11,16,19-20H,4-5,8-9,12-15H2/t19-,20-/m1/s1. The zero-order chi connectivity index (χ0) is 22.2. The minimum Gasteiger partial charge on any atom is -0.368 e. The lowest BCUT2D eigenvalue weighted by molar-refractivity contribution is -0.384. The van der Waals surface area contributed by atoms with Crippen molar-refractivity contribution in [3.8, 4) is 0 Å². The Morgan fingerprint density at radius 2 is 1.38 bits per heavy atom. The Labute approximate surface area is 186 Å². The van der Waals surface area contributed by atoms with Crippen molar-refractivity contribution in [1.29, 1.82) is 0 Å². The summed E-state index contributed by atoms with van der Waals surface area (Å²) < 4.78 is 0. The number of anilines is 3. The lowest BCUT2D eigenvalue weighted by Crippen LogP contribution is -2.46. The Bertz CT molecular complexity index is 1030. The molecule has 0 spiro atoms. The van der Waals surface area contributed by atoms with Crippen LogP contribution in [0.2, 0.25) is 0 Å². The number of para-hydroxylation sites is 1. The summed E-state index contributed by atoms with van der Waals surface area (Å²) in [5.74, 6) is -0.974. The number of benzene rings is 2. The van der Waals surface area contributed by atoms with Gasteiger partial charge in [-0.1, -0.05) is 31.0 Å². The summed E-state index contributed by atoms with van der Waals surface area (Å²) in [5, 5.41) is 11.9. The fourth-order valence-electron chi connectivity index (χ4n) is 5.33. The summed E-state index contributed by atoms with van der Waals surface area (Å²) in [6, 6.07) is 14.9. The normalized spacial score (nSPS) is 23.4. The highest BCUT2D eigenvalue weighted by molar-refractivity contribution is 6.22. The van der Waals surface area contributed by atoms with Crippen LogP contribution in [0.1, 0.15) is 25.7 Å². The van der Waals surface area contributed by atoms with Crippen molar-refractivity contribution in [3.05, 3.63) is 58.6 Å². The minimum absolute atomic E-state index is 0.0638. The molecule has 2 amide bonds. The lowest BCUT2D eigenvalue weighted by atomic mass is 9.81. The van der Waals surface area contributed by atoms with E-state index in [2.05, 4.69) is 17.0 Å². The molecule has 0 N–H and O–H groups in total. The van der Waals surface area contributed by atoms with Gasteiger partial charge in [-0.05, 0) is 37.1 Å².